The summed E-state index contributed by atoms with van der Waals surface area (Å²) in [4.78, 5) is 24.2. The number of fused-ring (bicyclic) bond motifs is 1. The number of benzene rings is 3. The van der Waals surface area contributed by atoms with Gasteiger partial charge in [-0.15, -0.1) is 11.3 Å². The fourth-order valence-corrected chi connectivity index (χ4v) is 7.26. The van der Waals surface area contributed by atoms with Crippen molar-refractivity contribution in [2.45, 2.75) is 65.1 Å². The van der Waals surface area contributed by atoms with Crippen molar-refractivity contribution in [3.05, 3.63) is 99.5 Å². The highest BCUT2D eigenvalue weighted by Gasteiger charge is 2.22. The minimum atomic E-state index is -0.0680. The summed E-state index contributed by atoms with van der Waals surface area (Å²) in [5.41, 5.74) is 10.1. The summed E-state index contributed by atoms with van der Waals surface area (Å²) in [6.45, 7) is 10.1. The maximum Gasteiger partial charge on any atom is 0.251 e. The molecule has 1 saturated heterocycles. The fourth-order valence-electron chi connectivity index (χ4n) is 6.47. The summed E-state index contributed by atoms with van der Waals surface area (Å²) in [6.07, 6.45) is 7.19. The Morgan fingerprint density at radius 3 is 2.62 bits per heavy atom. The molecule has 1 amide bonds. The second kappa shape index (κ2) is 17.8. The van der Waals surface area contributed by atoms with E-state index >= 15 is 0 Å². The molecule has 2 aliphatic heterocycles. The van der Waals surface area contributed by atoms with Crippen molar-refractivity contribution in [1.82, 2.24) is 9.88 Å². The van der Waals surface area contributed by atoms with Gasteiger partial charge in [-0.1, -0.05) is 43.7 Å². The predicted molar refractivity (Wildman–Crippen MR) is 204 cm³/mol. The Kier molecular flexibility index (Phi) is 12.7. The van der Waals surface area contributed by atoms with Gasteiger partial charge >= 0.3 is 0 Å². The normalized spacial score (nSPS) is 16.1. The van der Waals surface area contributed by atoms with Crippen LogP contribution in [0.2, 0.25) is 0 Å². The van der Waals surface area contributed by atoms with E-state index in [9.17, 15) is 4.79 Å². The quantitative estimate of drug-likeness (QED) is 0.125. The maximum atomic E-state index is 13.8. The van der Waals surface area contributed by atoms with Gasteiger partial charge in [0.05, 0.1) is 31.0 Å². The lowest BCUT2D eigenvalue weighted by molar-refractivity contribution is -0.112. The topological polar surface area (TPSA) is 76.2 Å². The molecule has 1 N–H and O–H groups in total. The lowest BCUT2D eigenvalue weighted by atomic mass is 10.00. The first kappa shape index (κ1) is 35.8. The van der Waals surface area contributed by atoms with Crippen molar-refractivity contribution in [3.63, 3.8) is 0 Å². The van der Waals surface area contributed by atoms with Crippen LogP contribution in [0.4, 0.5) is 11.4 Å². The highest BCUT2D eigenvalue weighted by Crippen LogP contribution is 2.35. The van der Waals surface area contributed by atoms with Crippen LogP contribution in [0.3, 0.4) is 0 Å². The molecule has 3 aromatic carbocycles. The number of hydrogen-bond acceptors (Lipinski definition) is 8. The van der Waals surface area contributed by atoms with Crippen LogP contribution in [-0.2, 0) is 27.4 Å². The van der Waals surface area contributed by atoms with Gasteiger partial charge in [-0.3, -0.25) is 9.69 Å². The van der Waals surface area contributed by atoms with Gasteiger partial charge in [-0.2, -0.15) is 0 Å². The minimum absolute atomic E-state index is 0.0680. The highest BCUT2D eigenvalue weighted by atomic mass is 32.1. The van der Waals surface area contributed by atoms with E-state index < -0.39 is 0 Å². The van der Waals surface area contributed by atoms with Gasteiger partial charge in [-0.05, 0) is 104 Å². The fraction of sp³-hybridized carbons (Fsp3) is 0.415. The first-order valence-corrected chi connectivity index (χ1v) is 18.8. The SMILES string of the molecule is CCCCOCCOc1ccc(-c2ccc3c(c2)C=C(C(=O)Nc2ccc(CN(C)C4CCCOC4)cc2)CCN3Cc2scnc2C)cc1. The van der Waals surface area contributed by atoms with E-state index in [-0.39, 0.29) is 5.91 Å². The molecule has 0 radical (unpaired) electrons. The molecule has 9 heteroatoms. The Labute approximate surface area is 301 Å². The third-order valence-corrected chi connectivity index (χ3v) is 10.5. The maximum absolute atomic E-state index is 13.8. The molecule has 264 valence electrons. The van der Waals surface area contributed by atoms with E-state index in [1.807, 2.05) is 29.8 Å². The van der Waals surface area contributed by atoms with Crippen LogP contribution >= 0.6 is 11.3 Å². The molecule has 1 fully saturated rings. The highest BCUT2D eigenvalue weighted by molar-refractivity contribution is 7.09. The number of aromatic nitrogens is 1. The van der Waals surface area contributed by atoms with Gasteiger partial charge in [0.25, 0.3) is 5.91 Å². The first-order chi connectivity index (χ1) is 24.5. The smallest absolute Gasteiger partial charge is 0.251 e. The Morgan fingerprint density at radius 1 is 1.06 bits per heavy atom. The Bertz CT molecular complexity index is 1710. The lowest BCUT2D eigenvalue weighted by Gasteiger charge is -2.31. The van der Waals surface area contributed by atoms with Crippen molar-refractivity contribution in [3.8, 4) is 16.9 Å². The zero-order chi connectivity index (χ0) is 34.7. The average Bonchev–Trinajstić information content (AvgIpc) is 3.46. The molecule has 2 aliphatic rings. The minimum Gasteiger partial charge on any atom is -0.491 e. The number of aryl methyl sites for hydroxylation is 1. The molecular formula is C41H50N4O4S. The van der Waals surface area contributed by atoms with E-state index in [0.717, 1.165) is 104 Å². The van der Waals surface area contributed by atoms with Crippen LogP contribution in [0, 0.1) is 6.92 Å². The third kappa shape index (κ3) is 9.60. The van der Waals surface area contributed by atoms with Gasteiger partial charge < -0.3 is 24.4 Å². The van der Waals surface area contributed by atoms with Crippen molar-refractivity contribution in [2.24, 2.45) is 0 Å². The number of amides is 1. The molecule has 3 heterocycles. The summed E-state index contributed by atoms with van der Waals surface area (Å²) in [7, 11) is 2.16. The molecule has 1 unspecified atom stereocenters. The van der Waals surface area contributed by atoms with Crippen molar-refractivity contribution >= 4 is 34.7 Å². The van der Waals surface area contributed by atoms with Gasteiger partial charge in [-0.25, -0.2) is 4.98 Å². The standard InChI is InChI=1S/C41H50N4O4S/c1-4-5-20-47-22-23-49-38-15-10-32(11-16-38)33-12-17-39-35(24-33)25-34(18-19-45(39)27-40-30(2)42-29-50-40)41(46)43-36-13-8-31(9-14-36)26-44(3)37-7-6-21-48-28-37/h8-17,24-25,29,37H,4-7,18-23,26-28H2,1-3H3,(H,43,46). The zero-order valence-electron chi connectivity index (χ0n) is 29.7. The molecule has 4 aromatic rings. The summed E-state index contributed by atoms with van der Waals surface area (Å²) in [5, 5.41) is 3.18. The lowest BCUT2D eigenvalue weighted by Crippen LogP contribution is -2.37. The summed E-state index contributed by atoms with van der Waals surface area (Å²) in [6, 6.07) is 23.4. The molecule has 0 aliphatic carbocycles. The van der Waals surface area contributed by atoms with Gasteiger partial charge in [0.2, 0.25) is 0 Å². The monoisotopic (exact) mass is 694 g/mol. The number of ether oxygens (including phenoxy) is 3. The van der Waals surface area contributed by atoms with Gasteiger partial charge in [0.15, 0.2) is 0 Å². The predicted octanol–water partition coefficient (Wildman–Crippen LogP) is 8.36. The molecule has 1 aromatic heterocycles. The second-order valence-corrected chi connectivity index (χ2v) is 14.2. The number of rotatable bonds is 15. The third-order valence-electron chi connectivity index (χ3n) is 9.55. The average molecular weight is 695 g/mol. The number of carbonyl (C=O) groups excluding carboxylic acids is 1. The van der Waals surface area contributed by atoms with Crippen LogP contribution in [0.25, 0.3) is 17.2 Å². The van der Waals surface area contributed by atoms with Crippen LogP contribution in [0.15, 0.2) is 77.8 Å². The van der Waals surface area contributed by atoms with E-state index in [0.29, 0.717) is 25.7 Å². The molecule has 0 bridgehead atoms. The van der Waals surface area contributed by atoms with E-state index in [1.54, 1.807) is 11.3 Å². The molecule has 1 atom stereocenters. The van der Waals surface area contributed by atoms with Crippen LogP contribution in [-0.4, -0.2) is 68.5 Å². The van der Waals surface area contributed by atoms with Crippen LogP contribution in [0.5, 0.6) is 5.75 Å². The van der Waals surface area contributed by atoms with Gasteiger partial charge in [0.1, 0.15) is 12.4 Å². The zero-order valence-corrected chi connectivity index (χ0v) is 30.5. The number of nitrogens with one attached hydrogen (secondary N) is 1. The molecule has 0 saturated carbocycles. The number of carbonyl (C=O) groups is 1. The molecular weight excluding hydrogens is 645 g/mol. The number of unbranched alkanes of at least 4 members (excludes halogenated alkanes) is 1. The molecule has 8 nitrogen and oxygen atoms in total. The molecule has 6 rings (SSSR count). The van der Waals surface area contributed by atoms with Gasteiger partial charge in [0, 0.05) is 54.2 Å². The first-order valence-electron chi connectivity index (χ1n) is 17.9. The number of hydrogen-bond donors (Lipinski definition) is 1. The molecule has 50 heavy (non-hydrogen) atoms. The number of thiazole rings is 1. The Hall–Kier alpha value is -4.02. The van der Waals surface area contributed by atoms with E-state index in [4.69, 9.17) is 14.2 Å². The van der Waals surface area contributed by atoms with E-state index in [2.05, 4.69) is 89.5 Å². The number of anilines is 2. The summed E-state index contributed by atoms with van der Waals surface area (Å²) >= 11 is 1.68. The Balaban J connectivity index is 1.16. The van der Waals surface area contributed by atoms with Crippen molar-refractivity contribution in [2.75, 3.05) is 56.8 Å². The summed E-state index contributed by atoms with van der Waals surface area (Å²) in [5.74, 6) is 0.757. The number of nitrogens with zero attached hydrogens (tertiary/aromatic N) is 3. The van der Waals surface area contributed by atoms with Crippen molar-refractivity contribution in [1.29, 1.82) is 0 Å². The van der Waals surface area contributed by atoms with Crippen molar-refractivity contribution < 1.29 is 19.0 Å². The van der Waals surface area contributed by atoms with E-state index in [1.165, 1.54) is 16.9 Å². The molecule has 0 spiro atoms. The van der Waals surface area contributed by atoms with Crippen LogP contribution < -0.4 is 15.0 Å². The Morgan fingerprint density at radius 2 is 1.88 bits per heavy atom. The summed E-state index contributed by atoms with van der Waals surface area (Å²) < 4.78 is 17.2. The number of likely N-dealkylation sites (N-methyl/N-ethyl adjacent to an activating group) is 1. The second-order valence-electron chi connectivity index (χ2n) is 13.3. The van der Waals surface area contributed by atoms with Crippen LogP contribution in [0.1, 0.15) is 60.7 Å². The largest absolute Gasteiger partial charge is 0.491 e.